The summed E-state index contributed by atoms with van der Waals surface area (Å²) in [6, 6.07) is 0.306. The van der Waals surface area contributed by atoms with Crippen molar-refractivity contribution >= 4 is 12.2 Å². The highest BCUT2D eigenvalue weighted by Crippen LogP contribution is 2.20. The van der Waals surface area contributed by atoms with Gasteiger partial charge in [0.15, 0.2) is 0 Å². The van der Waals surface area contributed by atoms with E-state index in [-0.39, 0.29) is 6.03 Å². The number of piperidine rings is 1. The summed E-state index contributed by atoms with van der Waals surface area (Å²) >= 11 is 0. The quantitative estimate of drug-likeness (QED) is 0.778. The van der Waals surface area contributed by atoms with E-state index in [1.165, 1.54) is 0 Å². The number of carbonyl (C=O) groups excluding carboxylic acids is 1. The number of carbonyl (C=O) groups is 1. The predicted octanol–water partition coefficient (Wildman–Crippen LogP) is 1.25. The summed E-state index contributed by atoms with van der Waals surface area (Å²) in [5, 5.41) is 2.90. The second-order valence-electron chi connectivity index (χ2n) is 5.12. The van der Waals surface area contributed by atoms with Gasteiger partial charge in [-0.2, -0.15) is 0 Å². The molecule has 5 heteroatoms. The lowest BCUT2D eigenvalue weighted by atomic mass is 10.0. The van der Waals surface area contributed by atoms with Crippen LogP contribution >= 0.6 is 0 Å². The fourth-order valence-electron chi connectivity index (χ4n) is 2.66. The highest BCUT2D eigenvalue weighted by molar-refractivity contribution is 5.88. The topological polar surface area (TPSA) is 47.9 Å². The molecule has 0 radical (unpaired) electrons. The van der Waals surface area contributed by atoms with Crippen molar-refractivity contribution in [3.05, 3.63) is 23.9 Å². The summed E-state index contributed by atoms with van der Waals surface area (Å²) in [5.41, 5.74) is 1.80. The first-order valence-electron chi connectivity index (χ1n) is 6.69. The Bertz CT molecular complexity index is 419. The molecule has 1 saturated heterocycles. The normalized spacial score (nSPS) is 23.1. The average Bonchev–Trinajstić information content (AvgIpc) is 2.41. The number of amides is 2. The molecule has 1 fully saturated rings. The zero-order chi connectivity index (χ0) is 13.8. The fourth-order valence-corrected chi connectivity index (χ4v) is 2.66. The van der Waals surface area contributed by atoms with E-state index in [1.807, 2.05) is 4.90 Å². The van der Waals surface area contributed by atoms with Crippen LogP contribution in [0.4, 0.5) is 4.79 Å². The molecule has 104 valence electrons. The van der Waals surface area contributed by atoms with Crippen molar-refractivity contribution in [1.29, 1.82) is 0 Å². The first-order valence-corrected chi connectivity index (χ1v) is 6.69. The van der Waals surface area contributed by atoms with Crippen LogP contribution in [0.25, 0.3) is 0 Å². The molecule has 2 amide bonds. The minimum atomic E-state index is -0.0160. The van der Waals surface area contributed by atoms with E-state index in [0.717, 1.165) is 37.2 Å². The minimum Gasteiger partial charge on any atom is -0.317 e. The highest BCUT2D eigenvalue weighted by Gasteiger charge is 2.30. The summed E-state index contributed by atoms with van der Waals surface area (Å²) in [4.78, 5) is 20.5. The average molecular weight is 262 g/mol. The molecule has 0 atom stereocenters. The fraction of sp³-hybridized carbons (Fsp3) is 0.571. The predicted molar refractivity (Wildman–Crippen MR) is 77.4 cm³/mol. The maximum Gasteiger partial charge on any atom is 0.322 e. The maximum absolute atomic E-state index is 12.2. The molecule has 2 aliphatic heterocycles. The van der Waals surface area contributed by atoms with Gasteiger partial charge in [-0.25, -0.2) is 4.79 Å². The number of urea groups is 1. The molecule has 2 rings (SSSR count). The van der Waals surface area contributed by atoms with Crippen LogP contribution in [0.15, 0.2) is 28.9 Å². The van der Waals surface area contributed by atoms with Crippen LogP contribution in [0.5, 0.6) is 0 Å². The Morgan fingerprint density at radius 2 is 2.11 bits per heavy atom. The van der Waals surface area contributed by atoms with Crippen molar-refractivity contribution in [3.8, 4) is 0 Å². The number of rotatable bonds is 3. The standard InChI is InChI=1S/C14H22N4O/c1-4-13-11(9-15-2)10-18(14(19)16-13)12-5-7-17(3)8-6-12/h4,9,12H,1,5-8,10H2,2-3H3,(H,16,19). The molecule has 5 nitrogen and oxygen atoms in total. The van der Waals surface area contributed by atoms with E-state index in [0.29, 0.717) is 12.6 Å². The van der Waals surface area contributed by atoms with Gasteiger partial charge >= 0.3 is 6.03 Å². The smallest absolute Gasteiger partial charge is 0.317 e. The lowest BCUT2D eigenvalue weighted by molar-refractivity contribution is 0.137. The van der Waals surface area contributed by atoms with E-state index in [1.54, 1.807) is 19.3 Å². The van der Waals surface area contributed by atoms with Gasteiger partial charge < -0.3 is 15.1 Å². The van der Waals surface area contributed by atoms with Gasteiger partial charge in [-0.3, -0.25) is 4.99 Å². The molecule has 0 aliphatic carbocycles. The van der Waals surface area contributed by atoms with Crippen molar-refractivity contribution in [3.63, 3.8) is 0 Å². The molecule has 19 heavy (non-hydrogen) atoms. The van der Waals surface area contributed by atoms with Crippen LogP contribution in [0, 0.1) is 0 Å². The zero-order valence-corrected chi connectivity index (χ0v) is 11.7. The number of allylic oxidation sites excluding steroid dienone is 1. The van der Waals surface area contributed by atoms with Gasteiger partial charge in [0, 0.05) is 30.6 Å². The third-order valence-electron chi connectivity index (χ3n) is 3.81. The zero-order valence-electron chi connectivity index (χ0n) is 11.7. The van der Waals surface area contributed by atoms with Crippen LogP contribution in [0.3, 0.4) is 0 Å². The summed E-state index contributed by atoms with van der Waals surface area (Å²) in [7, 11) is 3.86. The van der Waals surface area contributed by atoms with Crippen LogP contribution < -0.4 is 5.32 Å². The lowest BCUT2D eigenvalue weighted by Crippen LogP contribution is -2.53. The van der Waals surface area contributed by atoms with Crippen molar-refractivity contribution in [2.45, 2.75) is 18.9 Å². The van der Waals surface area contributed by atoms with Crippen molar-refractivity contribution < 1.29 is 4.79 Å². The molecule has 0 aromatic carbocycles. The Morgan fingerprint density at radius 1 is 1.42 bits per heavy atom. The molecular weight excluding hydrogens is 240 g/mol. The number of nitrogens with one attached hydrogen (secondary N) is 1. The number of nitrogens with zero attached hydrogens (tertiary/aromatic N) is 3. The third-order valence-corrected chi connectivity index (χ3v) is 3.81. The minimum absolute atomic E-state index is 0.0160. The largest absolute Gasteiger partial charge is 0.322 e. The number of aliphatic imine (C=N–C) groups is 1. The lowest BCUT2D eigenvalue weighted by Gasteiger charge is -2.39. The van der Waals surface area contributed by atoms with E-state index in [2.05, 4.69) is 28.8 Å². The van der Waals surface area contributed by atoms with E-state index < -0.39 is 0 Å². The van der Waals surface area contributed by atoms with Gasteiger partial charge in [0.2, 0.25) is 0 Å². The van der Waals surface area contributed by atoms with Gasteiger partial charge in [0.25, 0.3) is 0 Å². The third kappa shape index (κ3) is 3.04. The summed E-state index contributed by atoms with van der Waals surface area (Å²) in [6.45, 7) is 6.45. The van der Waals surface area contributed by atoms with Crippen molar-refractivity contribution in [1.82, 2.24) is 15.1 Å². The van der Waals surface area contributed by atoms with E-state index in [4.69, 9.17) is 0 Å². The van der Waals surface area contributed by atoms with Gasteiger partial charge in [0.1, 0.15) is 0 Å². The molecule has 0 aromatic heterocycles. The van der Waals surface area contributed by atoms with Gasteiger partial charge in [-0.1, -0.05) is 6.58 Å². The Kier molecular flexibility index (Phi) is 4.37. The van der Waals surface area contributed by atoms with Gasteiger partial charge in [-0.15, -0.1) is 0 Å². The second kappa shape index (κ2) is 6.02. The summed E-state index contributed by atoms with van der Waals surface area (Å²) in [6.07, 6.45) is 5.55. The highest BCUT2D eigenvalue weighted by atomic mass is 16.2. The molecule has 0 unspecified atom stereocenters. The first-order chi connectivity index (χ1) is 9.15. The van der Waals surface area contributed by atoms with Crippen LogP contribution in [-0.4, -0.2) is 61.8 Å². The van der Waals surface area contributed by atoms with E-state index >= 15 is 0 Å². The number of hydrogen-bond acceptors (Lipinski definition) is 3. The second-order valence-corrected chi connectivity index (χ2v) is 5.12. The summed E-state index contributed by atoms with van der Waals surface area (Å²) in [5.74, 6) is 0. The van der Waals surface area contributed by atoms with Crippen molar-refractivity contribution in [2.75, 3.05) is 33.7 Å². The Morgan fingerprint density at radius 3 is 2.68 bits per heavy atom. The number of hydrogen-bond donors (Lipinski definition) is 1. The number of likely N-dealkylation sites (tertiary alicyclic amines) is 1. The Hall–Kier alpha value is -1.62. The molecule has 0 aromatic rings. The summed E-state index contributed by atoms with van der Waals surface area (Å²) < 4.78 is 0. The molecule has 0 bridgehead atoms. The van der Waals surface area contributed by atoms with Crippen molar-refractivity contribution in [2.24, 2.45) is 4.99 Å². The van der Waals surface area contributed by atoms with Gasteiger partial charge in [-0.05, 0) is 39.1 Å². The first kappa shape index (κ1) is 13.8. The van der Waals surface area contributed by atoms with Crippen LogP contribution in [0.2, 0.25) is 0 Å². The molecule has 0 saturated carbocycles. The SMILES string of the molecule is C=CC1=C(C=NC)CN(C2CCN(C)CC2)C(=O)N1. The molecule has 0 spiro atoms. The maximum atomic E-state index is 12.2. The van der Waals surface area contributed by atoms with E-state index in [9.17, 15) is 4.79 Å². The Labute approximate surface area is 114 Å². The van der Waals surface area contributed by atoms with Gasteiger partial charge in [0.05, 0.1) is 6.54 Å². The van der Waals surface area contributed by atoms with Crippen LogP contribution in [0.1, 0.15) is 12.8 Å². The monoisotopic (exact) mass is 262 g/mol. The molecule has 2 heterocycles. The van der Waals surface area contributed by atoms with Crippen LogP contribution in [-0.2, 0) is 0 Å². The molecule has 2 aliphatic rings. The molecule has 1 N–H and O–H groups in total. The Balaban J connectivity index is 2.13. The molecular formula is C14H22N4O.